The summed E-state index contributed by atoms with van der Waals surface area (Å²) in [5, 5.41) is 8.14. The number of aromatic nitrogens is 4. The van der Waals surface area contributed by atoms with Gasteiger partial charge in [0.25, 0.3) is 5.91 Å². The second-order valence-electron chi connectivity index (χ2n) is 7.25. The van der Waals surface area contributed by atoms with Gasteiger partial charge in [0.05, 0.1) is 40.0 Å². The molecule has 0 saturated carbocycles. The summed E-state index contributed by atoms with van der Waals surface area (Å²) in [5.74, 6) is 1.51. The minimum absolute atomic E-state index is 0.00640. The molecule has 1 aromatic carbocycles. The van der Waals surface area contributed by atoms with E-state index in [9.17, 15) is 4.79 Å². The fraction of sp³-hybridized carbons (Fsp3) is 0.333. The first-order chi connectivity index (χ1) is 14.7. The average Bonchev–Trinajstić information content (AvgIpc) is 3.44. The Bertz CT molecular complexity index is 1230. The van der Waals surface area contributed by atoms with E-state index in [0.717, 1.165) is 45.6 Å². The number of H-pyrrole nitrogens is 1. The van der Waals surface area contributed by atoms with Crippen LogP contribution in [0.1, 0.15) is 16.6 Å². The summed E-state index contributed by atoms with van der Waals surface area (Å²) in [7, 11) is 1.81. The molecule has 0 atom stereocenters. The third-order valence-electron chi connectivity index (χ3n) is 5.42. The molecule has 1 amide bonds. The quantitative estimate of drug-likeness (QED) is 0.544. The van der Waals surface area contributed by atoms with Crippen LogP contribution >= 0.6 is 11.3 Å². The number of nitrogens with one attached hydrogen (secondary N) is 1. The van der Waals surface area contributed by atoms with E-state index in [4.69, 9.17) is 14.7 Å². The third kappa shape index (κ3) is 3.20. The van der Waals surface area contributed by atoms with E-state index in [1.165, 1.54) is 11.3 Å². The summed E-state index contributed by atoms with van der Waals surface area (Å²) in [6.07, 6.45) is 1.80. The zero-order chi connectivity index (χ0) is 20.7. The molecule has 1 aliphatic heterocycles. The van der Waals surface area contributed by atoms with Gasteiger partial charge >= 0.3 is 0 Å². The molecule has 3 aromatic heterocycles. The third-order valence-corrected chi connectivity index (χ3v) is 6.53. The Kier molecular flexibility index (Phi) is 4.84. The first-order valence-electron chi connectivity index (χ1n) is 9.98. The van der Waals surface area contributed by atoms with Crippen LogP contribution in [0, 0.1) is 0 Å². The lowest BCUT2D eigenvalue weighted by atomic mass is 10.1. The highest BCUT2D eigenvalue weighted by Gasteiger charge is 2.23. The number of benzene rings is 1. The number of fused-ring (bicyclic) bond motifs is 2. The van der Waals surface area contributed by atoms with Crippen LogP contribution in [0.3, 0.4) is 0 Å². The van der Waals surface area contributed by atoms with Gasteiger partial charge in [-0.2, -0.15) is 5.10 Å². The zero-order valence-corrected chi connectivity index (χ0v) is 17.7. The van der Waals surface area contributed by atoms with Crippen molar-refractivity contribution in [1.29, 1.82) is 0 Å². The number of thiophene rings is 1. The van der Waals surface area contributed by atoms with Gasteiger partial charge in [-0.05, 0) is 19.1 Å². The Labute approximate surface area is 177 Å². The summed E-state index contributed by atoms with van der Waals surface area (Å²) in [6, 6.07) is 7.84. The number of morpholine rings is 1. The van der Waals surface area contributed by atoms with Crippen LogP contribution in [0.25, 0.3) is 32.5 Å². The van der Waals surface area contributed by atoms with Gasteiger partial charge in [-0.25, -0.2) is 9.97 Å². The van der Waals surface area contributed by atoms with E-state index in [-0.39, 0.29) is 5.91 Å². The number of amides is 1. The van der Waals surface area contributed by atoms with Crippen molar-refractivity contribution in [1.82, 2.24) is 25.1 Å². The standard InChI is InChI=1S/C21H22N6O2S/c1-3-26(2)21(28)17-11-16-18(30-17)20(27-7-9-29-10-8-27)24-19(23-16)13-5-4-6-15-14(13)12-22-25-15/h4-6,11-12H,3,7-10H2,1-2H3,(H,22,25). The summed E-state index contributed by atoms with van der Waals surface area (Å²) in [5.41, 5.74) is 2.65. The van der Waals surface area contributed by atoms with Crippen LogP contribution in [0.5, 0.6) is 0 Å². The Balaban J connectivity index is 1.70. The van der Waals surface area contributed by atoms with Gasteiger partial charge in [-0.1, -0.05) is 12.1 Å². The summed E-state index contributed by atoms with van der Waals surface area (Å²) < 4.78 is 6.47. The molecule has 8 nitrogen and oxygen atoms in total. The molecule has 1 saturated heterocycles. The van der Waals surface area contributed by atoms with Crippen LogP contribution in [-0.2, 0) is 4.74 Å². The van der Waals surface area contributed by atoms with Crippen LogP contribution in [0.2, 0.25) is 0 Å². The zero-order valence-electron chi connectivity index (χ0n) is 16.9. The number of aromatic amines is 1. The minimum Gasteiger partial charge on any atom is -0.378 e. The Hall–Kier alpha value is -3.04. The van der Waals surface area contributed by atoms with Crippen molar-refractivity contribution >= 4 is 44.2 Å². The maximum atomic E-state index is 12.8. The lowest BCUT2D eigenvalue weighted by Crippen LogP contribution is -2.36. The number of hydrogen-bond acceptors (Lipinski definition) is 7. The van der Waals surface area contributed by atoms with Crippen molar-refractivity contribution in [3.63, 3.8) is 0 Å². The molecule has 0 bridgehead atoms. The van der Waals surface area contributed by atoms with Crippen molar-refractivity contribution in [3.8, 4) is 11.4 Å². The number of rotatable bonds is 4. The molecule has 30 heavy (non-hydrogen) atoms. The minimum atomic E-state index is 0.00640. The fourth-order valence-corrected chi connectivity index (χ4v) is 4.73. The lowest BCUT2D eigenvalue weighted by molar-refractivity contribution is 0.0807. The monoisotopic (exact) mass is 422 g/mol. The molecule has 0 unspecified atom stereocenters. The molecule has 1 N–H and O–H groups in total. The van der Waals surface area contributed by atoms with Crippen LogP contribution in [-0.4, -0.2) is 70.9 Å². The van der Waals surface area contributed by atoms with Gasteiger partial charge < -0.3 is 14.5 Å². The molecular formula is C21H22N6O2S. The molecule has 0 spiro atoms. The smallest absolute Gasteiger partial charge is 0.263 e. The van der Waals surface area contributed by atoms with Gasteiger partial charge in [-0.15, -0.1) is 11.3 Å². The SMILES string of the molecule is CCN(C)C(=O)c1cc2nc(-c3cccc4[nH]ncc34)nc(N3CCOCC3)c2s1. The van der Waals surface area contributed by atoms with E-state index in [1.54, 1.807) is 11.1 Å². The first kappa shape index (κ1) is 19.0. The van der Waals surface area contributed by atoms with Crippen LogP contribution in [0.4, 0.5) is 5.82 Å². The van der Waals surface area contributed by atoms with Gasteiger partial charge in [0.2, 0.25) is 0 Å². The molecule has 1 fully saturated rings. The highest BCUT2D eigenvalue weighted by atomic mass is 32.1. The van der Waals surface area contributed by atoms with Crippen LogP contribution in [0.15, 0.2) is 30.5 Å². The molecule has 0 radical (unpaired) electrons. The Morgan fingerprint density at radius 3 is 2.93 bits per heavy atom. The molecule has 4 aromatic rings. The molecule has 5 rings (SSSR count). The lowest BCUT2D eigenvalue weighted by Gasteiger charge is -2.28. The first-order valence-corrected chi connectivity index (χ1v) is 10.8. The number of carbonyl (C=O) groups excluding carboxylic acids is 1. The maximum absolute atomic E-state index is 12.8. The van der Waals surface area contributed by atoms with E-state index < -0.39 is 0 Å². The number of ether oxygens (including phenoxy) is 1. The highest BCUT2D eigenvalue weighted by molar-refractivity contribution is 7.21. The van der Waals surface area contributed by atoms with Crippen molar-refractivity contribution in [2.24, 2.45) is 0 Å². The summed E-state index contributed by atoms with van der Waals surface area (Å²) >= 11 is 1.46. The molecular weight excluding hydrogens is 400 g/mol. The second-order valence-corrected chi connectivity index (χ2v) is 8.30. The van der Waals surface area contributed by atoms with Crippen molar-refractivity contribution in [3.05, 3.63) is 35.3 Å². The Morgan fingerprint density at radius 2 is 2.13 bits per heavy atom. The fourth-order valence-electron chi connectivity index (χ4n) is 3.63. The molecule has 154 valence electrons. The van der Waals surface area contributed by atoms with Crippen molar-refractivity contribution in [2.45, 2.75) is 6.92 Å². The van der Waals surface area contributed by atoms with E-state index in [0.29, 0.717) is 30.5 Å². The van der Waals surface area contributed by atoms with E-state index >= 15 is 0 Å². The van der Waals surface area contributed by atoms with Crippen molar-refractivity contribution in [2.75, 3.05) is 44.8 Å². The van der Waals surface area contributed by atoms with Crippen molar-refractivity contribution < 1.29 is 9.53 Å². The predicted molar refractivity (Wildman–Crippen MR) is 118 cm³/mol. The highest BCUT2D eigenvalue weighted by Crippen LogP contribution is 2.36. The summed E-state index contributed by atoms with van der Waals surface area (Å²) in [6.45, 7) is 5.47. The van der Waals surface area contributed by atoms with Gasteiger partial charge in [0, 0.05) is 37.6 Å². The molecule has 1 aliphatic rings. The number of carbonyl (C=O) groups is 1. The average molecular weight is 423 g/mol. The number of hydrogen-bond donors (Lipinski definition) is 1. The maximum Gasteiger partial charge on any atom is 0.263 e. The number of anilines is 1. The predicted octanol–water partition coefficient (Wildman–Crippen LogP) is 3.16. The number of nitrogens with zero attached hydrogens (tertiary/aromatic N) is 5. The van der Waals surface area contributed by atoms with E-state index in [1.807, 2.05) is 38.2 Å². The second kappa shape index (κ2) is 7.66. The van der Waals surface area contributed by atoms with Crippen LogP contribution < -0.4 is 4.90 Å². The van der Waals surface area contributed by atoms with Gasteiger partial charge in [-0.3, -0.25) is 9.89 Å². The molecule has 4 heterocycles. The van der Waals surface area contributed by atoms with Gasteiger partial charge in [0.15, 0.2) is 11.6 Å². The summed E-state index contributed by atoms with van der Waals surface area (Å²) in [4.78, 5) is 27.2. The normalized spacial score (nSPS) is 14.5. The van der Waals surface area contributed by atoms with Gasteiger partial charge in [0.1, 0.15) is 0 Å². The molecule has 9 heteroatoms. The largest absolute Gasteiger partial charge is 0.378 e. The Morgan fingerprint density at radius 1 is 1.30 bits per heavy atom. The molecule has 0 aliphatic carbocycles. The topological polar surface area (TPSA) is 87.2 Å². The van der Waals surface area contributed by atoms with E-state index in [2.05, 4.69) is 15.1 Å².